The molecule has 1 atom stereocenters. The molecule has 0 bridgehead atoms. The Hall–Kier alpha value is -2.57. The van der Waals surface area contributed by atoms with Gasteiger partial charge in [0.2, 0.25) is 5.91 Å². The van der Waals surface area contributed by atoms with Crippen molar-refractivity contribution in [2.45, 2.75) is 32.7 Å². The van der Waals surface area contributed by atoms with Gasteiger partial charge in [-0.3, -0.25) is 9.78 Å². The van der Waals surface area contributed by atoms with Gasteiger partial charge in [-0.2, -0.15) is 0 Å². The lowest BCUT2D eigenvalue weighted by atomic mass is 10.1. The van der Waals surface area contributed by atoms with Gasteiger partial charge in [-0.05, 0) is 19.8 Å². The van der Waals surface area contributed by atoms with E-state index in [0.29, 0.717) is 17.5 Å². The van der Waals surface area contributed by atoms with Gasteiger partial charge in [-0.15, -0.1) is 0 Å². The van der Waals surface area contributed by atoms with E-state index in [1.54, 1.807) is 25.5 Å². The third kappa shape index (κ3) is 3.03. The third-order valence-corrected chi connectivity index (χ3v) is 3.68. The SMILES string of the molecule is CC(=O)N1CCC[C@@H]1c1cc(Nc2cnccn2)nc(C)n1. The van der Waals surface area contributed by atoms with Gasteiger partial charge < -0.3 is 10.2 Å². The van der Waals surface area contributed by atoms with Gasteiger partial charge in [0.1, 0.15) is 17.5 Å². The highest BCUT2D eigenvalue weighted by atomic mass is 16.2. The van der Waals surface area contributed by atoms with E-state index < -0.39 is 0 Å². The maximum Gasteiger partial charge on any atom is 0.220 e. The summed E-state index contributed by atoms with van der Waals surface area (Å²) in [6.45, 7) is 4.24. The fraction of sp³-hybridized carbons (Fsp3) is 0.400. The summed E-state index contributed by atoms with van der Waals surface area (Å²) in [4.78, 5) is 30.7. The van der Waals surface area contributed by atoms with Gasteiger partial charge in [0.05, 0.1) is 17.9 Å². The van der Waals surface area contributed by atoms with E-state index in [9.17, 15) is 4.79 Å². The largest absolute Gasteiger partial charge is 0.334 e. The first-order valence-corrected chi connectivity index (χ1v) is 7.29. The number of rotatable bonds is 3. The molecule has 0 saturated carbocycles. The third-order valence-electron chi connectivity index (χ3n) is 3.68. The second kappa shape index (κ2) is 6.05. The molecule has 1 saturated heterocycles. The topological polar surface area (TPSA) is 83.9 Å². The summed E-state index contributed by atoms with van der Waals surface area (Å²) in [6.07, 6.45) is 6.80. The van der Waals surface area contributed by atoms with E-state index in [1.807, 2.05) is 17.9 Å². The average molecular weight is 298 g/mol. The Kier molecular flexibility index (Phi) is 3.95. The molecule has 22 heavy (non-hydrogen) atoms. The number of carbonyl (C=O) groups is 1. The van der Waals surface area contributed by atoms with Crippen molar-refractivity contribution in [2.24, 2.45) is 0 Å². The lowest BCUT2D eigenvalue weighted by Gasteiger charge is -2.23. The summed E-state index contributed by atoms with van der Waals surface area (Å²) in [7, 11) is 0. The van der Waals surface area contributed by atoms with Gasteiger partial charge in [0.15, 0.2) is 0 Å². The lowest BCUT2D eigenvalue weighted by Crippen LogP contribution is -2.28. The second-order valence-electron chi connectivity index (χ2n) is 5.31. The smallest absolute Gasteiger partial charge is 0.220 e. The number of amides is 1. The molecule has 2 aromatic rings. The van der Waals surface area contributed by atoms with Crippen molar-refractivity contribution in [1.82, 2.24) is 24.8 Å². The Bertz CT molecular complexity index is 675. The van der Waals surface area contributed by atoms with Crippen LogP contribution in [0.1, 0.15) is 37.3 Å². The first-order valence-electron chi connectivity index (χ1n) is 7.29. The summed E-state index contributed by atoms with van der Waals surface area (Å²) < 4.78 is 0. The van der Waals surface area contributed by atoms with Crippen LogP contribution in [0.25, 0.3) is 0 Å². The van der Waals surface area contributed by atoms with Crippen LogP contribution in [-0.2, 0) is 4.79 Å². The molecule has 0 aromatic carbocycles. The number of nitrogens with one attached hydrogen (secondary N) is 1. The van der Waals surface area contributed by atoms with Gasteiger partial charge in [0.25, 0.3) is 0 Å². The molecule has 0 radical (unpaired) electrons. The molecular weight excluding hydrogens is 280 g/mol. The number of likely N-dealkylation sites (tertiary alicyclic amines) is 1. The Balaban J connectivity index is 1.88. The molecule has 1 fully saturated rings. The number of hydrogen-bond donors (Lipinski definition) is 1. The van der Waals surface area contributed by atoms with Crippen LogP contribution in [0, 0.1) is 6.92 Å². The van der Waals surface area contributed by atoms with Gasteiger partial charge >= 0.3 is 0 Å². The highest BCUT2D eigenvalue weighted by Crippen LogP contribution is 2.31. The first-order chi connectivity index (χ1) is 10.6. The van der Waals surface area contributed by atoms with E-state index in [0.717, 1.165) is 25.1 Å². The summed E-state index contributed by atoms with van der Waals surface area (Å²) in [5.41, 5.74) is 0.867. The van der Waals surface area contributed by atoms with Crippen LogP contribution in [0.2, 0.25) is 0 Å². The van der Waals surface area contributed by atoms with Crippen molar-refractivity contribution in [3.8, 4) is 0 Å². The van der Waals surface area contributed by atoms with Crippen LogP contribution >= 0.6 is 0 Å². The molecule has 1 aliphatic heterocycles. The molecule has 0 unspecified atom stereocenters. The van der Waals surface area contributed by atoms with Crippen molar-refractivity contribution < 1.29 is 4.79 Å². The fourth-order valence-electron chi connectivity index (χ4n) is 2.77. The molecule has 1 N–H and O–H groups in total. The lowest BCUT2D eigenvalue weighted by molar-refractivity contribution is -0.129. The van der Waals surface area contributed by atoms with Crippen LogP contribution in [0.5, 0.6) is 0 Å². The number of carbonyl (C=O) groups excluding carboxylic acids is 1. The second-order valence-corrected chi connectivity index (χ2v) is 5.31. The van der Waals surface area contributed by atoms with E-state index in [2.05, 4.69) is 25.3 Å². The van der Waals surface area contributed by atoms with Crippen LogP contribution in [-0.4, -0.2) is 37.3 Å². The van der Waals surface area contributed by atoms with E-state index >= 15 is 0 Å². The zero-order valence-corrected chi connectivity index (χ0v) is 12.7. The van der Waals surface area contributed by atoms with E-state index in [-0.39, 0.29) is 11.9 Å². The van der Waals surface area contributed by atoms with Crippen LogP contribution in [0.3, 0.4) is 0 Å². The molecule has 2 aromatic heterocycles. The molecule has 0 spiro atoms. The predicted molar refractivity (Wildman–Crippen MR) is 81.4 cm³/mol. The normalized spacial score (nSPS) is 17.5. The van der Waals surface area contributed by atoms with Crippen molar-refractivity contribution in [3.63, 3.8) is 0 Å². The Morgan fingerprint density at radius 1 is 1.32 bits per heavy atom. The summed E-state index contributed by atoms with van der Waals surface area (Å²) in [5, 5.41) is 3.12. The monoisotopic (exact) mass is 298 g/mol. The van der Waals surface area contributed by atoms with Crippen LogP contribution in [0.4, 0.5) is 11.6 Å². The first kappa shape index (κ1) is 14.4. The highest BCUT2D eigenvalue weighted by molar-refractivity contribution is 5.74. The number of aryl methyl sites for hydroxylation is 1. The molecule has 0 aliphatic carbocycles. The summed E-state index contributed by atoms with van der Waals surface area (Å²) >= 11 is 0. The zero-order valence-electron chi connectivity index (χ0n) is 12.7. The molecule has 7 heteroatoms. The Labute approximate surface area is 128 Å². The Morgan fingerprint density at radius 3 is 2.91 bits per heavy atom. The average Bonchev–Trinajstić information content (AvgIpc) is 2.97. The Morgan fingerprint density at radius 2 is 2.18 bits per heavy atom. The molecular formula is C15H18N6O. The predicted octanol–water partition coefficient (Wildman–Crippen LogP) is 2.00. The van der Waals surface area contributed by atoms with Gasteiger partial charge in [-0.25, -0.2) is 15.0 Å². The van der Waals surface area contributed by atoms with E-state index in [4.69, 9.17) is 0 Å². The van der Waals surface area contributed by atoms with E-state index in [1.165, 1.54) is 0 Å². The number of aromatic nitrogens is 4. The maximum absolute atomic E-state index is 11.7. The van der Waals surface area contributed by atoms with Crippen LogP contribution < -0.4 is 5.32 Å². The molecule has 3 rings (SSSR count). The number of anilines is 2. The minimum absolute atomic E-state index is 0.0293. The zero-order chi connectivity index (χ0) is 15.5. The number of nitrogens with zero attached hydrogens (tertiary/aromatic N) is 5. The van der Waals surface area contributed by atoms with Gasteiger partial charge in [-0.1, -0.05) is 0 Å². The molecule has 1 aliphatic rings. The highest BCUT2D eigenvalue weighted by Gasteiger charge is 2.29. The summed E-state index contributed by atoms with van der Waals surface area (Å²) in [6, 6.07) is 1.91. The van der Waals surface area contributed by atoms with Crippen molar-refractivity contribution in [3.05, 3.63) is 36.2 Å². The molecule has 3 heterocycles. The molecule has 114 valence electrons. The quantitative estimate of drug-likeness (QED) is 0.933. The number of hydrogen-bond acceptors (Lipinski definition) is 6. The van der Waals surface area contributed by atoms with Crippen molar-refractivity contribution in [2.75, 3.05) is 11.9 Å². The molecule has 1 amide bonds. The summed E-state index contributed by atoms with van der Waals surface area (Å²) in [5.74, 6) is 2.04. The fourth-order valence-corrected chi connectivity index (χ4v) is 2.77. The molecule has 7 nitrogen and oxygen atoms in total. The minimum atomic E-state index is 0.0293. The minimum Gasteiger partial charge on any atom is -0.334 e. The van der Waals surface area contributed by atoms with Crippen LogP contribution in [0.15, 0.2) is 24.7 Å². The van der Waals surface area contributed by atoms with Crippen molar-refractivity contribution in [1.29, 1.82) is 0 Å². The van der Waals surface area contributed by atoms with Gasteiger partial charge in [0, 0.05) is 31.9 Å². The standard InChI is InChI=1S/C15H18N6O/c1-10-18-12(13-4-3-7-21(13)11(2)22)8-14(19-10)20-15-9-16-5-6-17-15/h5-6,8-9,13H,3-4,7H2,1-2H3,(H,17,18,19,20)/t13-/m1/s1. The van der Waals surface area contributed by atoms with Crippen molar-refractivity contribution >= 4 is 17.5 Å². The maximum atomic E-state index is 11.7.